The summed E-state index contributed by atoms with van der Waals surface area (Å²) in [6.07, 6.45) is 2.26. The molecule has 0 aliphatic heterocycles. The summed E-state index contributed by atoms with van der Waals surface area (Å²) in [7, 11) is 0. The van der Waals surface area contributed by atoms with Crippen molar-refractivity contribution >= 4 is 33.1 Å². The van der Waals surface area contributed by atoms with E-state index in [9.17, 15) is 0 Å². The largest absolute Gasteiger partial charge is 0.395 e. The third kappa shape index (κ3) is 1.93. The van der Waals surface area contributed by atoms with Crippen molar-refractivity contribution in [3.05, 3.63) is 22.8 Å². The number of hydrogen-bond donors (Lipinski definition) is 2. The van der Waals surface area contributed by atoms with Gasteiger partial charge in [0.2, 0.25) is 0 Å². The Hall–Kier alpha value is -2.10. The fraction of sp³-hybridized carbons (Fsp3) is 0.231. The number of aliphatic hydroxyl groups is 1. The number of anilines is 1. The predicted octanol–water partition coefficient (Wildman–Crippen LogP) is 1.57. The van der Waals surface area contributed by atoms with Crippen LogP contribution < -0.4 is 5.73 Å². The summed E-state index contributed by atoms with van der Waals surface area (Å²) < 4.78 is 2.00. The van der Waals surface area contributed by atoms with Gasteiger partial charge in [0.15, 0.2) is 11.5 Å². The monoisotopic (exact) mass is 272 g/mol. The summed E-state index contributed by atoms with van der Waals surface area (Å²) in [5.41, 5.74) is 8.43. The number of aromatic nitrogens is 3. The van der Waals surface area contributed by atoms with E-state index in [4.69, 9.17) is 10.8 Å². The Kier molecular flexibility index (Phi) is 2.85. The first-order valence-corrected chi connectivity index (χ1v) is 6.65. The van der Waals surface area contributed by atoms with Crippen LogP contribution in [0.3, 0.4) is 0 Å². The van der Waals surface area contributed by atoms with Crippen LogP contribution in [-0.4, -0.2) is 26.1 Å². The minimum absolute atomic E-state index is 0.0773. The molecule has 0 atom stereocenters. The van der Waals surface area contributed by atoms with Gasteiger partial charge in [0.1, 0.15) is 10.3 Å². The lowest BCUT2D eigenvalue weighted by Crippen LogP contribution is -1.97. The summed E-state index contributed by atoms with van der Waals surface area (Å²) in [5, 5.41) is 8.73. The number of imidazole rings is 1. The van der Waals surface area contributed by atoms with E-state index in [1.54, 1.807) is 17.5 Å². The zero-order valence-electron chi connectivity index (χ0n) is 10.3. The summed E-state index contributed by atoms with van der Waals surface area (Å²) >= 11 is 1.55. The van der Waals surface area contributed by atoms with Crippen molar-refractivity contribution in [3.63, 3.8) is 0 Å². The number of hydrogen-bond acceptors (Lipinski definition) is 5. The molecule has 0 bridgehead atoms. The Morgan fingerprint density at radius 2 is 2.37 bits per heavy atom. The molecule has 3 rings (SSSR count). The molecule has 96 valence electrons. The first-order chi connectivity index (χ1) is 9.20. The molecule has 0 spiro atoms. The molecule has 0 aliphatic carbocycles. The SMILES string of the molecule is Cc1cnc2c(N)nc3cc(C#CCCO)sc3n12. The molecular formula is C13H12N4OS. The van der Waals surface area contributed by atoms with Gasteiger partial charge in [-0.25, -0.2) is 9.97 Å². The molecule has 3 aromatic rings. The number of aryl methyl sites for hydroxylation is 1. The second-order valence-electron chi connectivity index (χ2n) is 4.13. The van der Waals surface area contributed by atoms with E-state index < -0.39 is 0 Å². The topological polar surface area (TPSA) is 76.4 Å². The molecule has 3 N–H and O–H groups in total. The fourth-order valence-corrected chi connectivity index (χ4v) is 2.97. The van der Waals surface area contributed by atoms with E-state index in [0.29, 0.717) is 17.9 Å². The third-order valence-corrected chi connectivity index (χ3v) is 3.78. The van der Waals surface area contributed by atoms with Crippen LogP contribution in [0.25, 0.3) is 16.0 Å². The van der Waals surface area contributed by atoms with E-state index in [0.717, 1.165) is 20.9 Å². The van der Waals surface area contributed by atoms with Gasteiger partial charge in [-0.05, 0) is 13.0 Å². The minimum atomic E-state index is 0.0773. The number of nitrogens with two attached hydrogens (primary N) is 1. The zero-order valence-corrected chi connectivity index (χ0v) is 11.2. The van der Waals surface area contributed by atoms with Crippen LogP contribution in [0, 0.1) is 18.8 Å². The van der Waals surface area contributed by atoms with Crippen LogP contribution in [0.15, 0.2) is 12.3 Å². The highest BCUT2D eigenvalue weighted by molar-refractivity contribution is 7.19. The van der Waals surface area contributed by atoms with Gasteiger partial charge in [0, 0.05) is 18.3 Å². The normalized spacial score (nSPS) is 10.8. The van der Waals surface area contributed by atoms with Gasteiger partial charge in [-0.15, -0.1) is 11.3 Å². The number of rotatable bonds is 1. The van der Waals surface area contributed by atoms with Crippen molar-refractivity contribution in [2.75, 3.05) is 12.3 Å². The lowest BCUT2D eigenvalue weighted by atomic mass is 10.4. The van der Waals surface area contributed by atoms with Crippen LogP contribution in [-0.2, 0) is 0 Å². The lowest BCUT2D eigenvalue weighted by Gasteiger charge is -2.00. The lowest BCUT2D eigenvalue weighted by molar-refractivity contribution is 0.305. The molecule has 6 heteroatoms. The van der Waals surface area contributed by atoms with Crippen molar-refractivity contribution < 1.29 is 5.11 Å². The van der Waals surface area contributed by atoms with Gasteiger partial charge >= 0.3 is 0 Å². The average Bonchev–Trinajstić information content (AvgIpc) is 2.94. The van der Waals surface area contributed by atoms with Gasteiger partial charge in [-0.2, -0.15) is 0 Å². The van der Waals surface area contributed by atoms with Crippen molar-refractivity contribution in [2.45, 2.75) is 13.3 Å². The molecule has 19 heavy (non-hydrogen) atoms. The fourth-order valence-electron chi connectivity index (χ4n) is 1.93. The molecule has 0 amide bonds. The Labute approximate surface area is 113 Å². The maximum atomic E-state index is 8.73. The number of nitrogens with zero attached hydrogens (tertiary/aromatic N) is 3. The van der Waals surface area contributed by atoms with Gasteiger partial charge in [-0.3, -0.25) is 4.40 Å². The molecule has 0 radical (unpaired) electrons. The van der Waals surface area contributed by atoms with E-state index >= 15 is 0 Å². The first-order valence-electron chi connectivity index (χ1n) is 5.83. The molecule has 3 aromatic heterocycles. The van der Waals surface area contributed by atoms with Crippen molar-refractivity contribution in [1.82, 2.24) is 14.4 Å². The van der Waals surface area contributed by atoms with E-state index in [2.05, 4.69) is 21.8 Å². The maximum Gasteiger partial charge on any atom is 0.181 e. The van der Waals surface area contributed by atoms with E-state index in [-0.39, 0.29) is 6.61 Å². The van der Waals surface area contributed by atoms with E-state index in [1.165, 1.54) is 0 Å². The van der Waals surface area contributed by atoms with Crippen molar-refractivity contribution in [1.29, 1.82) is 0 Å². The molecule has 0 aromatic carbocycles. The Balaban J connectivity index is 2.25. The Morgan fingerprint density at radius 3 is 3.16 bits per heavy atom. The van der Waals surface area contributed by atoms with Crippen LogP contribution in [0.2, 0.25) is 0 Å². The maximum absolute atomic E-state index is 8.73. The molecular weight excluding hydrogens is 260 g/mol. The van der Waals surface area contributed by atoms with Gasteiger partial charge < -0.3 is 10.8 Å². The standard InChI is InChI=1S/C13H12N4OS/c1-8-7-15-12-11(14)16-10-6-9(4-2-3-5-18)19-13(10)17(8)12/h6-7,18H,3,5H2,1H3,(H2,14,16). The second kappa shape index (κ2) is 4.53. The molecule has 0 fully saturated rings. The van der Waals surface area contributed by atoms with E-state index in [1.807, 2.05) is 17.4 Å². The molecule has 5 nitrogen and oxygen atoms in total. The summed E-state index contributed by atoms with van der Waals surface area (Å²) in [4.78, 5) is 10.5. The summed E-state index contributed by atoms with van der Waals surface area (Å²) in [6.45, 7) is 2.06. The quantitative estimate of drug-likeness (QED) is 0.659. The summed E-state index contributed by atoms with van der Waals surface area (Å²) in [5.74, 6) is 6.36. The molecule has 0 saturated heterocycles. The smallest absolute Gasteiger partial charge is 0.181 e. The van der Waals surface area contributed by atoms with Crippen LogP contribution >= 0.6 is 11.3 Å². The molecule has 3 heterocycles. The van der Waals surface area contributed by atoms with Crippen LogP contribution in [0.5, 0.6) is 0 Å². The second-order valence-corrected chi connectivity index (χ2v) is 5.16. The first kappa shape index (κ1) is 12.0. The Morgan fingerprint density at radius 1 is 1.53 bits per heavy atom. The molecule has 0 aliphatic rings. The number of fused-ring (bicyclic) bond motifs is 3. The highest BCUT2D eigenvalue weighted by Gasteiger charge is 2.12. The van der Waals surface area contributed by atoms with Crippen LogP contribution in [0.1, 0.15) is 17.0 Å². The average molecular weight is 272 g/mol. The summed E-state index contributed by atoms with van der Waals surface area (Å²) in [6, 6.07) is 1.92. The van der Waals surface area contributed by atoms with Gasteiger partial charge in [0.25, 0.3) is 0 Å². The number of thiophene rings is 1. The van der Waals surface area contributed by atoms with Crippen molar-refractivity contribution in [3.8, 4) is 11.8 Å². The zero-order chi connectivity index (χ0) is 13.4. The van der Waals surface area contributed by atoms with Crippen LogP contribution in [0.4, 0.5) is 5.82 Å². The Bertz CT molecular complexity index is 822. The van der Waals surface area contributed by atoms with Gasteiger partial charge in [0.05, 0.1) is 11.5 Å². The minimum Gasteiger partial charge on any atom is -0.395 e. The van der Waals surface area contributed by atoms with Crippen molar-refractivity contribution in [2.24, 2.45) is 0 Å². The molecule has 0 unspecified atom stereocenters. The molecule has 0 saturated carbocycles. The predicted molar refractivity (Wildman–Crippen MR) is 76.1 cm³/mol. The highest BCUT2D eigenvalue weighted by atomic mass is 32.1. The number of nitrogen functional groups attached to an aromatic ring is 1. The highest BCUT2D eigenvalue weighted by Crippen LogP contribution is 2.27. The third-order valence-electron chi connectivity index (χ3n) is 2.75. The number of aliphatic hydroxyl groups excluding tert-OH is 1. The van der Waals surface area contributed by atoms with Gasteiger partial charge in [-0.1, -0.05) is 11.8 Å².